The molecule has 0 spiro atoms. The molecule has 0 aromatic heterocycles. The van der Waals surface area contributed by atoms with Crippen molar-refractivity contribution in [3.63, 3.8) is 0 Å². The Morgan fingerprint density at radius 1 is 1.33 bits per heavy atom. The van der Waals surface area contributed by atoms with Crippen LogP contribution in [0.3, 0.4) is 0 Å². The second-order valence-corrected chi connectivity index (χ2v) is 5.41. The van der Waals surface area contributed by atoms with Gasteiger partial charge >= 0.3 is 0 Å². The van der Waals surface area contributed by atoms with E-state index in [9.17, 15) is 4.79 Å². The third kappa shape index (κ3) is 4.74. The number of anilines is 1. The summed E-state index contributed by atoms with van der Waals surface area (Å²) >= 11 is 0. The summed E-state index contributed by atoms with van der Waals surface area (Å²) in [6, 6.07) is 5.61. The highest BCUT2D eigenvalue weighted by Gasteiger charge is 2.33. The minimum atomic E-state index is -0.779. The van der Waals surface area contributed by atoms with Crippen LogP contribution < -0.4 is 10.1 Å². The average molecular weight is 293 g/mol. The maximum atomic E-state index is 12.5. The quantitative estimate of drug-likeness (QED) is 0.790. The molecule has 0 radical (unpaired) electrons. The van der Waals surface area contributed by atoms with Crippen molar-refractivity contribution in [3.05, 3.63) is 23.8 Å². The predicted molar refractivity (Wildman–Crippen MR) is 85.9 cm³/mol. The summed E-state index contributed by atoms with van der Waals surface area (Å²) in [6.45, 7) is 8.35. The highest BCUT2D eigenvalue weighted by molar-refractivity contribution is 5.97. The molecule has 0 aliphatic heterocycles. The lowest BCUT2D eigenvalue weighted by atomic mass is 9.97. The molecule has 1 unspecified atom stereocenters. The number of benzene rings is 1. The van der Waals surface area contributed by atoms with Gasteiger partial charge in [0.05, 0.1) is 7.11 Å². The zero-order valence-electron chi connectivity index (χ0n) is 13.8. The minimum absolute atomic E-state index is 0.0950. The number of nitrogens with one attached hydrogen (secondary N) is 1. The molecule has 1 rings (SSSR count). The molecule has 1 atom stereocenters. The number of hydrogen-bond donors (Lipinski definition) is 1. The smallest absolute Gasteiger partial charge is 0.256 e. The van der Waals surface area contributed by atoms with E-state index in [2.05, 4.69) is 12.2 Å². The Labute approximate surface area is 127 Å². The van der Waals surface area contributed by atoms with Crippen molar-refractivity contribution < 1.29 is 14.3 Å². The van der Waals surface area contributed by atoms with Crippen LogP contribution in [-0.4, -0.2) is 25.2 Å². The van der Waals surface area contributed by atoms with Gasteiger partial charge in [-0.25, -0.2) is 0 Å². The molecule has 1 aromatic carbocycles. The molecular formula is C17H27NO3. The lowest BCUT2D eigenvalue weighted by Crippen LogP contribution is -2.42. The lowest BCUT2D eigenvalue weighted by molar-refractivity contribution is -0.139. The molecule has 0 saturated heterocycles. The predicted octanol–water partition coefficient (Wildman–Crippen LogP) is 3.93. The fourth-order valence-electron chi connectivity index (χ4n) is 2.30. The number of aryl methyl sites for hydroxylation is 1. The summed E-state index contributed by atoms with van der Waals surface area (Å²) in [6.07, 6.45) is 2.72. The van der Waals surface area contributed by atoms with Crippen molar-refractivity contribution in [1.82, 2.24) is 0 Å². The van der Waals surface area contributed by atoms with Crippen LogP contribution in [0.5, 0.6) is 5.75 Å². The number of methoxy groups -OCH3 is 1. The zero-order valence-corrected chi connectivity index (χ0v) is 13.8. The first-order valence-electron chi connectivity index (χ1n) is 7.57. The molecule has 0 aliphatic carbocycles. The maximum Gasteiger partial charge on any atom is 0.256 e. The molecule has 1 amide bonds. The van der Waals surface area contributed by atoms with Crippen LogP contribution in [0, 0.1) is 6.92 Å². The van der Waals surface area contributed by atoms with E-state index in [4.69, 9.17) is 9.47 Å². The van der Waals surface area contributed by atoms with Crippen molar-refractivity contribution in [2.75, 3.05) is 19.0 Å². The largest absolute Gasteiger partial charge is 0.496 e. The number of carbonyl (C=O) groups excluding carboxylic acids is 1. The molecule has 21 heavy (non-hydrogen) atoms. The van der Waals surface area contributed by atoms with Crippen molar-refractivity contribution in [1.29, 1.82) is 0 Å². The first-order chi connectivity index (χ1) is 9.96. The van der Waals surface area contributed by atoms with Crippen molar-refractivity contribution >= 4 is 11.6 Å². The third-order valence-corrected chi connectivity index (χ3v) is 3.60. The second kappa shape index (κ2) is 8.03. The molecule has 0 saturated carbocycles. The molecule has 0 bridgehead atoms. The van der Waals surface area contributed by atoms with Crippen molar-refractivity contribution in [2.24, 2.45) is 0 Å². The summed E-state index contributed by atoms with van der Waals surface area (Å²) in [5, 5.41) is 2.95. The van der Waals surface area contributed by atoms with Gasteiger partial charge in [-0.1, -0.05) is 19.8 Å². The molecule has 0 aliphatic rings. The number of amides is 1. The van der Waals surface area contributed by atoms with E-state index in [0.717, 1.165) is 36.3 Å². The Hall–Kier alpha value is -1.55. The van der Waals surface area contributed by atoms with Crippen LogP contribution in [0.15, 0.2) is 18.2 Å². The van der Waals surface area contributed by atoms with E-state index < -0.39 is 5.60 Å². The van der Waals surface area contributed by atoms with Gasteiger partial charge in [0.1, 0.15) is 11.4 Å². The first-order valence-corrected chi connectivity index (χ1v) is 7.57. The van der Waals surface area contributed by atoms with Crippen molar-refractivity contribution in [3.8, 4) is 5.75 Å². The molecule has 0 heterocycles. The number of unbranched alkanes of at least 4 members (excludes halogenated alkanes) is 1. The van der Waals surface area contributed by atoms with Crippen molar-refractivity contribution in [2.45, 2.75) is 52.6 Å². The Morgan fingerprint density at radius 3 is 2.57 bits per heavy atom. The first kappa shape index (κ1) is 17.5. The maximum absolute atomic E-state index is 12.5. The Balaban J connectivity index is 2.83. The van der Waals surface area contributed by atoms with Gasteiger partial charge in [-0.15, -0.1) is 0 Å². The normalized spacial score (nSPS) is 13.6. The summed E-state index contributed by atoms with van der Waals surface area (Å²) in [5.74, 6) is 0.717. The van der Waals surface area contributed by atoms with Gasteiger partial charge in [0.2, 0.25) is 0 Å². The van der Waals surface area contributed by atoms with Gasteiger partial charge in [0.15, 0.2) is 0 Å². The molecular weight excluding hydrogens is 266 g/mol. The Morgan fingerprint density at radius 2 is 2.05 bits per heavy atom. The van der Waals surface area contributed by atoms with Crippen LogP contribution in [0.2, 0.25) is 0 Å². The van der Waals surface area contributed by atoms with Crippen LogP contribution in [0.4, 0.5) is 5.69 Å². The average Bonchev–Trinajstić information content (AvgIpc) is 2.45. The summed E-state index contributed by atoms with van der Waals surface area (Å²) in [4.78, 5) is 12.5. The summed E-state index contributed by atoms with van der Waals surface area (Å²) in [5.41, 5.74) is 0.973. The zero-order chi connectivity index (χ0) is 15.9. The van der Waals surface area contributed by atoms with Gasteiger partial charge in [-0.05, 0) is 51.0 Å². The SMILES string of the molecule is CCCCC(C)(OCC)C(=O)Nc1ccc(OC)c(C)c1. The highest BCUT2D eigenvalue weighted by Crippen LogP contribution is 2.25. The van der Waals surface area contributed by atoms with E-state index in [1.54, 1.807) is 7.11 Å². The van der Waals surface area contributed by atoms with Gasteiger partial charge in [-0.3, -0.25) is 4.79 Å². The summed E-state index contributed by atoms with van der Waals surface area (Å²) in [7, 11) is 1.64. The monoisotopic (exact) mass is 293 g/mol. The van der Waals surface area contributed by atoms with Gasteiger partial charge in [-0.2, -0.15) is 0 Å². The number of rotatable bonds is 8. The molecule has 0 fully saturated rings. The van der Waals surface area contributed by atoms with E-state index >= 15 is 0 Å². The molecule has 4 heteroatoms. The van der Waals surface area contributed by atoms with Crippen LogP contribution in [0.25, 0.3) is 0 Å². The third-order valence-electron chi connectivity index (χ3n) is 3.60. The van der Waals surface area contributed by atoms with E-state index in [1.165, 1.54) is 0 Å². The Kier molecular flexibility index (Phi) is 6.69. The van der Waals surface area contributed by atoms with Crippen LogP contribution >= 0.6 is 0 Å². The number of hydrogen-bond acceptors (Lipinski definition) is 3. The van der Waals surface area contributed by atoms with E-state index in [-0.39, 0.29) is 5.91 Å². The topological polar surface area (TPSA) is 47.6 Å². The minimum Gasteiger partial charge on any atom is -0.496 e. The number of carbonyl (C=O) groups is 1. The number of ether oxygens (including phenoxy) is 2. The van der Waals surface area contributed by atoms with Gasteiger partial charge < -0.3 is 14.8 Å². The molecule has 118 valence electrons. The van der Waals surface area contributed by atoms with Gasteiger partial charge in [0, 0.05) is 12.3 Å². The Bertz CT molecular complexity index is 473. The molecule has 4 nitrogen and oxygen atoms in total. The van der Waals surface area contributed by atoms with E-state index in [0.29, 0.717) is 6.61 Å². The lowest BCUT2D eigenvalue weighted by Gasteiger charge is -2.28. The van der Waals surface area contributed by atoms with Gasteiger partial charge in [0.25, 0.3) is 5.91 Å². The fourth-order valence-corrected chi connectivity index (χ4v) is 2.30. The van der Waals surface area contributed by atoms with Crippen LogP contribution in [-0.2, 0) is 9.53 Å². The standard InChI is InChI=1S/C17H27NO3/c1-6-8-11-17(4,21-7-2)16(19)18-14-9-10-15(20-5)13(3)12-14/h9-10,12H,6-8,11H2,1-5H3,(H,18,19). The highest BCUT2D eigenvalue weighted by atomic mass is 16.5. The fraction of sp³-hybridized carbons (Fsp3) is 0.588. The van der Waals surface area contributed by atoms with E-state index in [1.807, 2.05) is 39.0 Å². The summed E-state index contributed by atoms with van der Waals surface area (Å²) < 4.78 is 10.9. The molecule has 1 N–H and O–H groups in total. The molecule has 1 aromatic rings. The van der Waals surface area contributed by atoms with Crippen LogP contribution in [0.1, 0.15) is 45.6 Å². The second-order valence-electron chi connectivity index (χ2n) is 5.41.